The molecule has 0 atom stereocenters. The van der Waals surface area contributed by atoms with Crippen LogP contribution in [0.25, 0.3) is 11.0 Å². The van der Waals surface area contributed by atoms with Crippen molar-refractivity contribution < 1.29 is 23.5 Å². The van der Waals surface area contributed by atoms with Crippen molar-refractivity contribution in [3.05, 3.63) is 65.9 Å². The van der Waals surface area contributed by atoms with E-state index in [-0.39, 0.29) is 11.4 Å². The third kappa shape index (κ3) is 5.36. The van der Waals surface area contributed by atoms with E-state index in [9.17, 15) is 14.4 Å². The molecule has 9 nitrogen and oxygen atoms in total. The molecule has 0 aliphatic rings. The molecule has 3 rings (SSSR count). The van der Waals surface area contributed by atoms with E-state index in [4.69, 9.17) is 14.4 Å². The molecule has 0 aliphatic heterocycles. The number of urea groups is 1. The van der Waals surface area contributed by atoms with Crippen molar-refractivity contribution in [1.82, 2.24) is 10.6 Å². The minimum absolute atomic E-state index is 0.0485. The van der Waals surface area contributed by atoms with Gasteiger partial charge in [0.25, 0.3) is 5.91 Å². The summed E-state index contributed by atoms with van der Waals surface area (Å²) in [6, 6.07) is 17.4. The van der Waals surface area contributed by atoms with Crippen LogP contribution in [0, 0.1) is 11.3 Å². The van der Waals surface area contributed by atoms with Crippen LogP contribution in [-0.2, 0) is 20.9 Å². The van der Waals surface area contributed by atoms with Gasteiger partial charge in [-0.3, -0.25) is 9.59 Å². The molecule has 152 valence electrons. The second-order valence-corrected chi connectivity index (χ2v) is 6.14. The van der Waals surface area contributed by atoms with Gasteiger partial charge in [-0.05, 0) is 17.7 Å². The lowest BCUT2D eigenvalue weighted by atomic mass is 10.2. The number of esters is 1. The van der Waals surface area contributed by atoms with Crippen molar-refractivity contribution in [3.63, 3.8) is 0 Å². The van der Waals surface area contributed by atoms with E-state index >= 15 is 0 Å². The Morgan fingerprint density at radius 1 is 1.00 bits per heavy atom. The number of nitrogens with zero attached hydrogens (tertiary/aromatic N) is 1. The van der Waals surface area contributed by atoms with Crippen molar-refractivity contribution in [2.75, 3.05) is 18.5 Å². The van der Waals surface area contributed by atoms with E-state index in [1.807, 2.05) is 36.4 Å². The molecule has 0 unspecified atom stereocenters. The van der Waals surface area contributed by atoms with Crippen LogP contribution in [-0.4, -0.2) is 31.1 Å². The van der Waals surface area contributed by atoms with Crippen LogP contribution in [0.1, 0.15) is 11.3 Å². The minimum Gasteiger partial charge on any atom is -0.454 e. The number of rotatable bonds is 7. The second-order valence-electron chi connectivity index (χ2n) is 6.14. The molecule has 0 radical (unpaired) electrons. The number of para-hydroxylation sites is 1. The van der Waals surface area contributed by atoms with Gasteiger partial charge in [0.1, 0.15) is 23.9 Å². The molecule has 3 aromatic rings. The van der Waals surface area contributed by atoms with Crippen molar-refractivity contribution >= 4 is 34.6 Å². The molecule has 3 N–H and O–H groups in total. The van der Waals surface area contributed by atoms with E-state index in [0.29, 0.717) is 17.5 Å². The van der Waals surface area contributed by atoms with E-state index in [1.165, 1.54) is 0 Å². The predicted molar refractivity (Wildman–Crippen MR) is 107 cm³/mol. The number of fused-ring (bicyclic) bond motifs is 1. The number of benzene rings is 2. The van der Waals surface area contributed by atoms with Crippen LogP contribution in [0.2, 0.25) is 0 Å². The van der Waals surface area contributed by atoms with Crippen LogP contribution in [0.15, 0.2) is 59.0 Å². The molecule has 0 spiro atoms. The third-order valence-electron chi connectivity index (χ3n) is 4.01. The third-order valence-corrected chi connectivity index (χ3v) is 4.01. The lowest BCUT2D eigenvalue weighted by molar-refractivity contribution is -0.146. The normalized spacial score (nSPS) is 10.1. The first-order valence-corrected chi connectivity index (χ1v) is 8.99. The number of hydrogen-bond acceptors (Lipinski definition) is 6. The number of hydrogen-bond donors (Lipinski definition) is 3. The number of anilines is 1. The zero-order valence-corrected chi connectivity index (χ0v) is 15.8. The predicted octanol–water partition coefficient (Wildman–Crippen LogP) is 2.29. The monoisotopic (exact) mass is 406 g/mol. The maximum absolute atomic E-state index is 12.1. The van der Waals surface area contributed by atoms with Crippen molar-refractivity contribution in [2.24, 2.45) is 0 Å². The molecular formula is C21H18N4O5. The highest BCUT2D eigenvalue weighted by Gasteiger charge is 2.17. The van der Waals surface area contributed by atoms with Crippen LogP contribution in [0.3, 0.4) is 0 Å². The van der Waals surface area contributed by atoms with Crippen LogP contribution >= 0.6 is 0 Å². The molecule has 1 aromatic heterocycles. The highest BCUT2D eigenvalue weighted by Crippen LogP contribution is 2.30. The number of nitriles is 1. The molecule has 0 fully saturated rings. The number of furan rings is 1. The summed E-state index contributed by atoms with van der Waals surface area (Å²) in [6.07, 6.45) is 0. The fourth-order valence-corrected chi connectivity index (χ4v) is 2.61. The van der Waals surface area contributed by atoms with E-state index < -0.39 is 31.1 Å². The summed E-state index contributed by atoms with van der Waals surface area (Å²) in [5.41, 5.74) is 1.58. The van der Waals surface area contributed by atoms with Gasteiger partial charge in [0, 0.05) is 11.9 Å². The molecule has 0 bridgehead atoms. The maximum atomic E-state index is 12.1. The van der Waals surface area contributed by atoms with Gasteiger partial charge < -0.3 is 25.1 Å². The minimum atomic E-state index is -0.780. The molecule has 2 aromatic carbocycles. The number of ether oxygens (including phenoxy) is 1. The van der Waals surface area contributed by atoms with Crippen molar-refractivity contribution in [1.29, 1.82) is 5.26 Å². The quantitative estimate of drug-likeness (QED) is 0.516. The summed E-state index contributed by atoms with van der Waals surface area (Å²) in [5.74, 6) is -1.47. The lowest BCUT2D eigenvalue weighted by Crippen LogP contribution is -2.39. The first kappa shape index (κ1) is 20.4. The lowest BCUT2D eigenvalue weighted by Gasteiger charge is -2.08. The number of carbonyl (C=O) groups excluding carboxylic acids is 3. The molecule has 3 amide bonds. The molecule has 30 heavy (non-hydrogen) atoms. The summed E-state index contributed by atoms with van der Waals surface area (Å²) in [4.78, 5) is 35.5. The maximum Gasteiger partial charge on any atom is 0.325 e. The summed E-state index contributed by atoms with van der Waals surface area (Å²) in [7, 11) is 0. The molecule has 1 heterocycles. The Bertz CT molecular complexity index is 1100. The first-order chi connectivity index (χ1) is 14.6. The molecule has 9 heteroatoms. The van der Waals surface area contributed by atoms with E-state index in [0.717, 1.165) is 5.56 Å². The van der Waals surface area contributed by atoms with Crippen molar-refractivity contribution in [3.8, 4) is 6.07 Å². The highest BCUT2D eigenvalue weighted by molar-refractivity contribution is 6.03. The summed E-state index contributed by atoms with van der Waals surface area (Å²) in [5, 5.41) is 17.2. The summed E-state index contributed by atoms with van der Waals surface area (Å²) in [6.45, 7) is -0.660. The Morgan fingerprint density at radius 2 is 1.73 bits per heavy atom. The van der Waals surface area contributed by atoms with Gasteiger partial charge >= 0.3 is 12.0 Å². The smallest absolute Gasteiger partial charge is 0.325 e. The fourth-order valence-electron chi connectivity index (χ4n) is 2.61. The summed E-state index contributed by atoms with van der Waals surface area (Å²) >= 11 is 0. The fraction of sp³-hybridized carbons (Fsp3) is 0.143. The Hall–Kier alpha value is -4.32. The second kappa shape index (κ2) is 9.75. The van der Waals surface area contributed by atoms with Gasteiger partial charge in [-0.15, -0.1) is 0 Å². The number of nitrogens with one attached hydrogen (secondary N) is 3. The van der Waals surface area contributed by atoms with Gasteiger partial charge in [-0.25, -0.2) is 4.79 Å². The highest BCUT2D eigenvalue weighted by atomic mass is 16.5. The van der Waals surface area contributed by atoms with Gasteiger partial charge in [-0.2, -0.15) is 5.26 Å². The molecule has 0 saturated carbocycles. The summed E-state index contributed by atoms with van der Waals surface area (Å²) < 4.78 is 10.2. The Labute approximate surface area is 171 Å². The van der Waals surface area contributed by atoms with Crippen molar-refractivity contribution in [2.45, 2.75) is 6.54 Å². The zero-order chi connectivity index (χ0) is 21.3. The average Bonchev–Trinajstić information content (AvgIpc) is 3.13. The van der Waals surface area contributed by atoms with Gasteiger partial charge in [0.05, 0.1) is 0 Å². The molecule has 0 aliphatic carbocycles. The Kier molecular flexibility index (Phi) is 6.63. The van der Waals surface area contributed by atoms with E-state index in [1.54, 1.807) is 24.3 Å². The van der Waals surface area contributed by atoms with Gasteiger partial charge in [0.15, 0.2) is 6.61 Å². The topological polar surface area (TPSA) is 133 Å². The number of carbonyl (C=O) groups is 3. The van der Waals surface area contributed by atoms with E-state index in [2.05, 4.69) is 16.0 Å². The molecular weight excluding hydrogens is 388 g/mol. The average molecular weight is 406 g/mol. The molecule has 0 saturated heterocycles. The van der Waals surface area contributed by atoms with Crippen LogP contribution < -0.4 is 16.0 Å². The Morgan fingerprint density at radius 3 is 2.50 bits per heavy atom. The SMILES string of the molecule is N#Cc1oc2ccccc2c1NC(=O)COC(=O)CNC(=O)NCc1ccccc1. The Balaban J connectivity index is 1.42. The van der Waals surface area contributed by atoms with Gasteiger partial charge in [0.2, 0.25) is 5.76 Å². The van der Waals surface area contributed by atoms with Gasteiger partial charge in [-0.1, -0.05) is 42.5 Å². The van der Waals surface area contributed by atoms with Crippen LogP contribution in [0.4, 0.5) is 10.5 Å². The standard InChI is InChI=1S/C21H18N4O5/c22-10-17-20(15-8-4-5-9-16(15)30-17)25-18(26)13-29-19(27)12-24-21(28)23-11-14-6-2-1-3-7-14/h1-9H,11-13H2,(H,25,26)(H2,23,24,28). The number of amides is 3. The first-order valence-electron chi connectivity index (χ1n) is 8.99. The largest absolute Gasteiger partial charge is 0.454 e. The van der Waals surface area contributed by atoms with Crippen LogP contribution in [0.5, 0.6) is 0 Å². The zero-order valence-electron chi connectivity index (χ0n) is 15.8.